The molecule has 0 saturated carbocycles. The van der Waals surface area contributed by atoms with Crippen LogP contribution in [-0.4, -0.2) is 36.5 Å². The molecular weight excluding hydrogens is 311 g/mol. The second kappa shape index (κ2) is 5.45. The summed E-state index contributed by atoms with van der Waals surface area (Å²) >= 11 is 2.24. The van der Waals surface area contributed by atoms with Crippen LogP contribution in [0.25, 0.3) is 0 Å². The third kappa shape index (κ3) is 3.04. The summed E-state index contributed by atoms with van der Waals surface area (Å²) in [5.74, 6) is 0.0527. The fourth-order valence-corrected chi connectivity index (χ4v) is 2.57. The number of hydrogen-bond donors (Lipinski definition) is 0. The van der Waals surface area contributed by atoms with Crippen molar-refractivity contribution < 1.29 is 19.0 Å². The van der Waals surface area contributed by atoms with E-state index in [0.29, 0.717) is 12.8 Å². The van der Waals surface area contributed by atoms with E-state index in [2.05, 4.69) is 22.6 Å². The largest absolute Gasteiger partial charge is 0.458 e. The summed E-state index contributed by atoms with van der Waals surface area (Å²) in [5.41, 5.74) is -0.368. The van der Waals surface area contributed by atoms with Gasteiger partial charge in [-0.3, -0.25) is 4.79 Å². The molecule has 1 rings (SSSR count). The zero-order valence-corrected chi connectivity index (χ0v) is 11.4. The second-order valence-corrected chi connectivity index (χ2v) is 4.72. The Hall–Kier alpha value is 0.120. The van der Waals surface area contributed by atoms with Crippen molar-refractivity contribution in [3.63, 3.8) is 0 Å². The molecule has 5 heteroatoms. The molecule has 0 bridgehead atoms. The van der Waals surface area contributed by atoms with Gasteiger partial charge in [0.05, 0.1) is 6.42 Å². The van der Waals surface area contributed by atoms with E-state index in [1.807, 2.05) is 6.92 Å². The van der Waals surface area contributed by atoms with Gasteiger partial charge in [-0.25, -0.2) is 0 Å². The van der Waals surface area contributed by atoms with Gasteiger partial charge in [-0.2, -0.15) is 0 Å². The topological polar surface area (TPSA) is 44.8 Å². The second-order valence-electron chi connectivity index (χ2n) is 3.96. The molecule has 0 amide bonds. The lowest BCUT2D eigenvalue weighted by molar-refractivity contribution is -0.148. The van der Waals surface area contributed by atoms with Crippen LogP contribution < -0.4 is 0 Å². The lowest BCUT2D eigenvalue weighted by atomic mass is 9.88. The average Bonchev–Trinajstić information content (AvgIpc) is 2.51. The van der Waals surface area contributed by atoms with Crippen LogP contribution >= 0.6 is 22.6 Å². The highest BCUT2D eigenvalue weighted by molar-refractivity contribution is 14.1. The number of rotatable bonds is 5. The minimum atomic E-state index is -0.368. The molecule has 2 atom stereocenters. The summed E-state index contributed by atoms with van der Waals surface area (Å²) in [6.07, 6.45) is 0.896. The fraction of sp³-hybridized carbons (Fsp3) is 0.900. The van der Waals surface area contributed by atoms with Crippen LogP contribution in [-0.2, 0) is 19.0 Å². The molecule has 1 saturated heterocycles. The van der Waals surface area contributed by atoms with E-state index in [1.54, 1.807) is 14.2 Å². The third-order valence-electron chi connectivity index (χ3n) is 2.89. The third-order valence-corrected chi connectivity index (χ3v) is 4.41. The Morgan fingerprint density at radius 2 is 2.20 bits per heavy atom. The Bertz CT molecular complexity index is 229. The van der Waals surface area contributed by atoms with E-state index in [9.17, 15) is 4.79 Å². The van der Waals surface area contributed by atoms with E-state index in [4.69, 9.17) is 14.2 Å². The van der Waals surface area contributed by atoms with E-state index < -0.39 is 0 Å². The Labute approximate surface area is 104 Å². The minimum absolute atomic E-state index is 0.120. The molecule has 0 radical (unpaired) electrons. The van der Waals surface area contributed by atoms with Gasteiger partial charge in [0.15, 0.2) is 6.29 Å². The molecule has 88 valence electrons. The van der Waals surface area contributed by atoms with Crippen molar-refractivity contribution in [1.82, 2.24) is 0 Å². The maximum Gasteiger partial charge on any atom is 0.306 e. The van der Waals surface area contributed by atoms with Gasteiger partial charge in [0, 0.05) is 31.0 Å². The smallest absolute Gasteiger partial charge is 0.306 e. The first-order valence-corrected chi connectivity index (χ1v) is 6.41. The van der Waals surface area contributed by atoms with Gasteiger partial charge >= 0.3 is 5.97 Å². The molecule has 0 N–H and O–H groups in total. The van der Waals surface area contributed by atoms with E-state index >= 15 is 0 Å². The average molecular weight is 328 g/mol. The van der Waals surface area contributed by atoms with E-state index in [-0.39, 0.29) is 23.8 Å². The Balaban J connectivity index is 2.63. The number of carbonyl (C=O) groups is 1. The van der Waals surface area contributed by atoms with Gasteiger partial charge in [-0.05, 0) is 6.92 Å². The molecule has 0 aromatic heterocycles. The van der Waals surface area contributed by atoms with Crippen LogP contribution in [0.4, 0.5) is 0 Å². The highest BCUT2D eigenvalue weighted by Crippen LogP contribution is 2.37. The van der Waals surface area contributed by atoms with Crippen molar-refractivity contribution in [2.24, 2.45) is 5.92 Å². The molecule has 1 aliphatic heterocycles. The van der Waals surface area contributed by atoms with E-state index in [0.717, 1.165) is 4.43 Å². The minimum Gasteiger partial charge on any atom is -0.458 e. The lowest BCUT2D eigenvalue weighted by Gasteiger charge is -2.29. The van der Waals surface area contributed by atoms with Gasteiger partial charge in [0.1, 0.15) is 5.60 Å². The van der Waals surface area contributed by atoms with Gasteiger partial charge < -0.3 is 14.2 Å². The number of methoxy groups -OCH3 is 2. The van der Waals surface area contributed by atoms with Gasteiger partial charge in [0.2, 0.25) is 0 Å². The molecule has 15 heavy (non-hydrogen) atoms. The van der Waals surface area contributed by atoms with Gasteiger partial charge in [-0.1, -0.05) is 22.6 Å². The standard InChI is InChI=1S/C10H17IO4/c1-10(6-11)7(4-8(12)15-10)5-9(13-2)14-3/h7,9H,4-6H2,1-3H3. The summed E-state index contributed by atoms with van der Waals surface area (Å²) in [6.45, 7) is 1.97. The number of esters is 1. The van der Waals surface area contributed by atoms with Crippen LogP contribution in [0, 0.1) is 5.92 Å². The Kier molecular flexibility index (Phi) is 4.79. The van der Waals surface area contributed by atoms with Crippen LogP contribution in [0.5, 0.6) is 0 Å². The number of cyclic esters (lactones) is 1. The molecule has 0 spiro atoms. The maximum absolute atomic E-state index is 11.3. The SMILES string of the molecule is COC(CC1CC(=O)OC1(C)CI)OC. The van der Waals surface area contributed by atoms with Crippen LogP contribution in [0.2, 0.25) is 0 Å². The highest BCUT2D eigenvalue weighted by atomic mass is 127. The Morgan fingerprint density at radius 1 is 1.60 bits per heavy atom. The zero-order chi connectivity index (χ0) is 11.5. The zero-order valence-electron chi connectivity index (χ0n) is 9.29. The summed E-state index contributed by atoms with van der Waals surface area (Å²) < 4.78 is 16.4. The number of alkyl halides is 1. The fourth-order valence-electron chi connectivity index (χ4n) is 1.79. The molecule has 0 aromatic rings. The lowest BCUT2D eigenvalue weighted by Crippen LogP contribution is -2.36. The van der Waals surface area contributed by atoms with Crippen molar-refractivity contribution in [2.75, 3.05) is 18.6 Å². The Morgan fingerprint density at radius 3 is 2.67 bits per heavy atom. The molecule has 0 aliphatic carbocycles. The van der Waals surface area contributed by atoms with E-state index in [1.165, 1.54) is 0 Å². The molecule has 1 aliphatic rings. The molecule has 4 nitrogen and oxygen atoms in total. The molecule has 1 heterocycles. The van der Waals surface area contributed by atoms with Gasteiger partial charge in [-0.15, -0.1) is 0 Å². The van der Waals surface area contributed by atoms with Gasteiger partial charge in [0.25, 0.3) is 0 Å². The number of hydrogen-bond acceptors (Lipinski definition) is 4. The highest BCUT2D eigenvalue weighted by Gasteiger charge is 2.45. The van der Waals surface area contributed by atoms with Crippen molar-refractivity contribution in [3.05, 3.63) is 0 Å². The molecular formula is C10H17IO4. The quantitative estimate of drug-likeness (QED) is 0.334. The number of ether oxygens (including phenoxy) is 3. The van der Waals surface area contributed by atoms with Crippen LogP contribution in [0.3, 0.4) is 0 Å². The monoisotopic (exact) mass is 328 g/mol. The maximum atomic E-state index is 11.3. The molecule has 0 aromatic carbocycles. The van der Waals surface area contributed by atoms with Crippen LogP contribution in [0.1, 0.15) is 19.8 Å². The summed E-state index contributed by atoms with van der Waals surface area (Å²) in [6, 6.07) is 0. The number of halogens is 1. The van der Waals surface area contributed by atoms with Crippen molar-refractivity contribution in [2.45, 2.75) is 31.7 Å². The molecule has 1 fully saturated rings. The normalized spacial score (nSPS) is 31.0. The van der Waals surface area contributed by atoms with Crippen LogP contribution in [0.15, 0.2) is 0 Å². The summed E-state index contributed by atoms with van der Waals surface area (Å²) in [4.78, 5) is 11.3. The number of carbonyl (C=O) groups excluding carboxylic acids is 1. The predicted octanol–water partition coefficient (Wildman–Crippen LogP) is 1.75. The van der Waals surface area contributed by atoms with Crippen molar-refractivity contribution in [1.29, 1.82) is 0 Å². The first kappa shape index (κ1) is 13.2. The molecule has 2 unspecified atom stereocenters. The predicted molar refractivity (Wildman–Crippen MR) is 63.9 cm³/mol. The summed E-state index contributed by atoms with van der Waals surface area (Å²) in [5, 5.41) is 0. The van der Waals surface area contributed by atoms with Crippen molar-refractivity contribution >= 4 is 28.6 Å². The van der Waals surface area contributed by atoms with Crippen molar-refractivity contribution in [3.8, 4) is 0 Å². The first-order valence-electron chi connectivity index (χ1n) is 4.89. The first-order chi connectivity index (χ1) is 7.05. The summed E-state index contributed by atoms with van der Waals surface area (Å²) in [7, 11) is 3.21.